The first-order valence-electron chi connectivity index (χ1n) is 9.40. The third-order valence-corrected chi connectivity index (χ3v) is 5.69. The normalized spacial score (nSPS) is 10.6. The number of rotatable bonds is 6. The van der Waals surface area contributed by atoms with Crippen molar-refractivity contribution in [3.63, 3.8) is 0 Å². The van der Waals surface area contributed by atoms with E-state index in [0.717, 1.165) is 6.42 Å². The van der Waals surface area contributed by atoms with Crippen LogP contribution in [-0.4, -0.2) is 18.4 Å². The highest BCUT2D eigenvalue weighted by Crippen LogP contribution is 2.25. The molecule has 4 rings (SSSR count). The molecule has 0 unspecified atom stereocenters. The molecule has 4 aromatic rings. The third-order valence-electron chi connectivity index (χ3n) is 4.68. The van der Waals surface area contributed by atoms with Crippen molar-refractivity contribution in [2.45, 2.75) is 6.42 Å². The summed E-state index contributed by atoms with van der Waals surface area (Å²) in [6.07, 6.45) is 0.793. The summed E-state index contributed by atoms with van der Waals surface area (Å²) in [4.78, 5) is 24.6. The van der Waals surface area contributed by atoms with E-state index in [4.69, 9.17) is 0 Å². The molecule has 0 aliphatic heterocycles. The summed E-state index contributed by atoms with van der Waals surface area (Å²) in [6.45, 7) is 0.575. The number of hydrogen-bond donors (Lipinski definition) is 2. The summed E-state index contributed by atoms with van der Waals surface area (Å²) in [5.41, 5.74) is 3.07. The van der Waals surface area contributed by atoms with Crippen LogP contribution in [0.1, 0.15) is 26.3 Å². The minimum absolute atomic E-state index is 0.120. The molecule has 1 heterocycles. The van der Waals surface area contributed by atoms with Gasteiger partial charge in [0.05, 0.1) is 0 Å². The van der Waals surface area contributed by atoms with Crippen molar-refractivity contribution in [1.29, 1.82) is 0 Å². The SMILES string of the molecule is O=C(NCCc1csc2ccccc12)c1ccc(NC(=O)c2ccccc2)cc1. The first-order valence-corrected chi connectivity index (χ1v) is 10.3. The van der Waals surface area contributed by atoms with Crippen LogP contribution in [0.3, 0.4) is 0 Å². The van der Waals surface area contributed by atoms with E-state index in [1.165, 1.54) is 15.6 Å². The highest BCUT2D eigenvalue weighted by Gasteiger charge is 2.09. The Morgan fingerprint density at radius 3 is 2.24 bits per heavy atom. The van der Waals surface area contributed by atoms with Crippen molar-refractivity contribution in [1.82, 2.24) is 5.32 Å². The average molecular weight is 401 g/mol. The summed E-state index contributed by atoms with van der Waals surface area (Å²) in [5.74, 6) is -0.295. The molecule has 2 N–H and O–H groups in total. The molecular weight excluding hydrogens is 380 g/mol. The standard InChI is InChI=1S/C24H20N2O2S/c27-23(25-15-14-19-16-29-22-9-5-4-8-21(19)22)18-10-12-20(13-11-18)26-24(28)17-6-2-1-3-7-17/h1-13,16H,14-15H2,(H,25,27)(H,26,28). The number of amides is 2. The lowest BCUT2D eigenvalue weighted by molar-refractivity contribution is 0.0953. The summed E-state index contributed by atoms with van der Waals surface area (Å²) in [5, 5.41) is 9.21. The largest absolute Gasteiger partial charge is 0.352 e. The van der Waals surface area contributed by atoms with Gasteiger partial charge in [-0.2, -0.15) is 0 Å². The van der Waals surface area contributed by atoms with Crippen LogP contribution in [0.15, 0.2) is 84.2 Å². The second-order valence-corrected chi connectivity index (χ2v) is 7.57. The molecule has 0 saturated carbocycles. The fourth-order valence-corrected chi connectivity index (χ4v) is 4.13. The summed E-state index contributed by atoms with van der Waals surface area (Å²) in [6, 6.07) is 24.2. The Bertz CT molecular complexity index is 1130. The summed E-state index contributed by atoms with van der Waals surface area (Å²) < 4.78 is 1.27. The zero-order valence-electron chi connectivity index (χ0n) is 15.7. The highest BCUT2D eigenvalue weighted by molar-refractivity contribution is 7.17. The molecule has 0 spiro atoms. The predicted octanol–water partition coefficient (Wildman–Crippen LogP) is 5.13. The molecule has 0 radical (unpaired) electrons. The molecule has 0 bridgehead atoms. The van der Waals surface area contributed by atoms with Crippen LogP contribution in [-0.2, 0) is 6.42 Å². The Kier molecular flexibility index (Phi) is 5.68. The number of nitrogens with one attached hydrogen (secondary N) is 2. The summed E-state index contributed by atoms with van der Waals surface area (Å²) in [7, 11) is 0. The lowest BCUT2D eigenvalue weighted by atomic mass is 10.1. The summed E-state index contributed by atoms with van der Waals surface area (Å²) >= 11 is 1.73. The monoisotopic (exact) mass is 400 g/mol. The Morgan fingerprint density at radius 2 is 1.45 bits per heavy atom. The average Bonchev–Trinajstić information content (AvgIpc) is 3.18. The van der Waals surface area contributed by atoms with Crippen molar-refractivity contribution in [2.75, 3.05) is 11.9 Å². The molecule has 2 amide bonds. The lowest BCUT2D eigenvalue weighted by Gasteiger charge is -2.08. The van der Waals surface area contributed by atoms with Crippen molar-refractivity contribution in [3.8, 4) is 0 Å². The topological polar surface area (TPSA) is 58.2 Å². The molecule has 0 aliphatic rings. The number of thiophene rings is 1. The first kappa shape index (κ1) is 18.9. The zero-order valence-corrected chi connectivity index (χ0v) is 16.5. The maximum absolute atomic E-state index is 12.4. The number of carbonyl (C=O) groups is 2. The Morgan fingerprint density at radius 1 is 0.759 bits per heavy atom. The van der Waals surface area contributed by atoms with E-state index in [-0.39, 0.29) is 11.8 Å². The molecular formula is C24H20N2O2S. The second-order valence-electron chi connectivity index (χ2n) is 6.66. The molecule has 0 saturated heterocycles. The Balaban J connectivity index is 1.31. The number of carbonyl (C=O) groups excluding carboxylic acids is 2. The van der Waals surface area contributed by atoms with E-state index in [0.29, 0.717) is 23.4 Å². The van der Waals surface area contributed by atoms with Crippen molar-refractivity contribution in [3.05, 3.63) is 101 Å². The van der Waals surface area contributed by atoms with Crippen molar-refractivity contribution >= 4 is 38.9 Å². The van der Waals surface area contributed by atoms with Gasteiger partial charge in [-0.15, -0.1) is 11.3 Å². The minimum atomic E-state index is -0.175. The third kappa shape index (κ3) is 4.52. The van der Waals surface area contributed by atoms with Crippen LogP contribution in [0.2, 0.25) is 0 Å². The van der Waals surface area contributed by atoms with Gasteiger partial charge in [0.2, 0.25) is 0 Å². The quantitative estimate of drug-likeness (QED) is 0.472. The van der Waals surface area contributed by atoms with Crippen LogP contribution in [0.5, 0.6) is 0 Å². The van der Waals surface area contributed by atoms with Gasteiger partial charge in [0, 0.05) is 28.1 Å². The maximum atomic E-state index is 12.4. The van der Waals surface area contributed by atoms with E-state index >= 15 is 0 Å². The van der Waals surface area contributed by atoms with Gasteiger partial charge in [-0.25, -0.2) is 0 Å². The first-order chi connectivity index (χ1) is 14.2. The van der Waals surface area contributed by atoms with E-state index < -0.39 is 0 Å². The van der Waals surface area contributed by atoms with Crippen LogP contribution in [0.25, 0.3) is 10.1 Å². The van der Waals surface area contributed by atoms with Crippen molar-refractivity contribution in [2.24, 2.45) is 0 Å². The Hall–Kier alpha value is -3.44. The fourth-order valence-electron chi connectivity index (χ4n) is 3.14. The minimum Gasteiger partial charge on any atom is -0.352 e. The van der Waals surface area contributed by atoms with E-state index in [2.05, 4.69) is 28.1 Å². The second kappa shape index (κ2) is 8.71. The van der Waals surface area contributed by atoms with Gasteiger partial charge in [0.1, 0.15) is 0 Å². The van der Waals surface area contributed by atoms with E-state index in [1.807, 2.05) is 30.3 Å². The van der Waals surface area contributed by atoms with Crippen LogP contribution >= 0.6 is 11.3 Å². The maximum Gasteiger partial charge on any atom is 0.255 e. The van der Waals surface area contributed by atoms with Crippen LogP contribution in [0.4, 0.5) is 5.69 Å². The molecule has 3 aromatic carbocycles. The molecule has 144 valence electrons. The predicted molar refractivity (Wildman–Crippen MR) is 119 cm³/mol. The van der Waals surface area contributed by atoms with Gasteiger partial charge in [-0.1, -0.05) is 36.4 Å². The zero-order chi connectivity index (χ0) is 20.1. The molecule has 0 fully saturated rings. The van der Waals surface area contributed by atoms with Crippen LogP contribution in [0, 0.1) is 0 Å². The van der Waals surface area contributed by atoms with Gasteiger partial charge >= 0.3 is 0 Å². The lowest BCUT2D eigenvalue weighted by Crippen LogP contribution is -2.25. The van der Waals surface area contributed by atoms with E-state index in [9.17, 15) is 9.59 Å². The number of hydrogen-bond acceptors (Lipinski definition) is 3. The number of benzene rings is 3. The molecule has 0 atom stereocenters. The van der Waals surface area contributed by atoms with Gasteiger partial charge < -0.3 is 10.6 Å². The Labute approximate surface area is 173 Å². The molecule has 0 aliphatic carbocycles. The van der Waals surface area contributed by atoms with Gasteiger partial charge in [0.25, 0.3) is 11.8 Å². The van der Waals surface area contributed by atoms with Gasteiger partial charge in [-0.05, 0) is 65.2 Å². The van der Waals surface area contributed by atoms with Gasteiger partial charge in [-0.3, -0.25) is 9.59 Å². The number of anilines is 1. The van der Waals surface area contributed by atoms with E-state index in [1.54, 1.807) is 47.7 Å². The van der Waals surface area contributed by atoms with Gasteiger partial charge in [0.15, 0.2) is 0 Å². The van der Waals surface area contributed by atoms with Crippen LogP contribution < -0.4 is 10.6 Å². The molecule has 5 heteroatoms. The molecule has 1 aromatic heterocycles. The molecule has 29 heavy (non-hydrogen) atoms. The highest BCUT2D eigenvalue weighted by atomic mass is 32.1. The fraction of sp³-hybridized carbons (Fsp3) is 0.0833. The van der Waals surface area contributed by atoms with Crippen molar-refractivity contribution < 1.29 is 9.59 Å². The smallest absolute Gasteiger partial charge is 0.255 e. The molecule has 4 nitrogen and oxygen atoms in total. The number of fused-ring (bicyclic) bond motifs is 1.